The molecule has 0 fully saturated rings. The second-order valence-corrected chi connectivity index (χ2v) is 6.29. The van der Waals surface area contributed by atoms with Gasteiger partial charge in [-0.1, -0.05) is 23.2 Å². The van der Waals surface area contributed by atoms with E-state index in [0.717, 1.165) is 16.0 Å². The smallest absolute Gasteiger partial charge is 0.146 e. The number of rotatable bonds is 4. The highest BCUT2D eigenvalue weighted by Gasteiger charge is 2.11. The van der Waals surface area contributed by atoms with Gasteiger partial charge in [-0.3, -0.25) is 0 Å². The number of aromatic nitrogens is 2. The van der Waals surface area contributed by atoms with E-state index in [-0.39, 0.29) is 0 Å². The van der Waals surface area contributed by atoms with Crippen molar-refractivity contribution in [2.45, 2.75) is 17.0 Å². The third kappa shape index (κ3) is 3.99. The Hall–Kier alpha value is -0.490. The average molecular weight is 379 g/mol. The zero-order valence-electron chi connectivity index (χ0n) is 9.95. The summed E-state index contributed by atoms with van der Waals surface area (Å²) in [5.74, 6) is 0.633. The van der Waals surface area contributed by atoms with Crippen LogP contribution in [0.2, 0.25) is 10.0 Å². The SMILES string of the molecule is CCNc1nc(Sc2ccc(Br)cn2)c(Cl)cc1Cl. The number of hydrogen-bond donors (Lipinski definition) is 1. The molecule has 0 radical (unpaired) electrons. The highest BCUT2D eigenvalue weighted by Crippen LogP contribution is 2.35. The van der Waals surface area contributed by atoms with Crippen LogP contribution in [0.4, 0.5) is 5.82 Å². The van der Waals surface area contributed by atoms with Gasteiger partial charge < -0.3 is 5.32 Å². The minimum atomic E-state index is 0.514. The maximum absolute atomic E-state index is 6.15. The van der Waals surface area contributed by atoms with Gasteiger partial charge in [0.1, 0.15) is 15.9 Å². The van der Waals surface area contributed by atoms with Crippen molar-refractivity contribution in [2.24, 2.45) is 0 Å². The third-order valence-corrected chi connectivity index (χ3v) is 4.26. The normalized spacial score (nSPS) is 10.5. The Morgan fingerprint density at radius 1 is 1.32 bits per heavy atom. The molecule has 19 heavy (non-hydrogen) atoms. The van der Waals surface area contributed by atoms with Crippen LogP contribution in [0.5, 0.6) is 0 Å². The summed E-state index contributed by atoms with van der Waals surface area (Å²) >= 11 is 17.0. The molecule has 0 atom stereocenters. The molecule has 0 saturated carbocycles. The van der Waals surface area contributed by atoms with Crippen LogP contribution < -0.4 is 5.32 Å². The molecule has 0 saturated heterocycles. The first-order chi connectivity index (χ1) is 9.10. The monoisotopic (exact) mass is 377 g/mol. The van der Waals surface area contributed by atoms with Crippen LogP contribution in [0, 0.1) is 0 Å². The molecule has 2 heterocycles. The van der Waals surface area contributed by atoms with Crippen molar-refractivity contribution in [3.8, 4) is 0 Å². The van der Waals surface area contributed by atoms with Gasteiger partial charge in [-0.05, 0) is 52.8 Å². The summed E-state index contributed by atoms with van der Waals surface area (Å²) in [6.45, 7) is 2.73. The number of halogens is 3. The van der Waals surface area contributed by atoms with Crippen LogP contribution in [0.1, 0.15) is 6.92 Å². The maximum Gasteiger partial charge on any atom is 0.146 e. The number of anilines is 1. The van der Waals surface area contributed by atoms with Gasteiger partial charge in [0.05, 0.1) is 10.0 Å². The minimum Gasteiger partial charge on any atom is -0.369 e. The number of pyridine rings is 2. The second kappa shape index (κ2) is 6.79. The van der Waals surface area contributed by atoms with E-state index < -0.39 is 0 Å². The Morgan fingerprint density at radius 3 is 2.74 bits per heavy atom. The fourth-order valence-electron chi connectivity index (χ4n) is 1.33. The predicted octanol–water partition coefficient (Wildman–Crippen LogP) is 5.13. The van der Waals surface area contributed by atoms with E-state index in [4.69, 9.17) is 23.2 Å². The fourth-order valence-corrected chi connectivity index (χ4v) is 2.84. The molecule has 7 heteroatoms. The lowest BCUT2D eigenvalue weighted by Crippen LogP contribution is -2.01. The lowest BCUT2D eigenvalue weighted by atomic mass is 10.4. The molecule has 2 aromatic heterocycles. The van der Waals surface area contributed by atoms with Crippen molar-refractivity contribution in [3.05, 3.63) is 38.9 Å². The molecule has 0 bridgehead atoms. The van der Waals surface area contributed by atoms with Crippen LogP contribution in [-0.4, -0.2) is 16.5 Å². The first-order valence-corrected chi connectivity index (χ1v) is 7.86. The molecule has 0 aromatic carbocycles. The van der Waals surface area contributed by atoms with Crippen molar-refractivity contribution in [1.82, 2.24) is 9.97 Å². The molecule has 2 aromatic rings. The molecule has 0 spiro atoms. The molecule has 0 unspecified atom stereocenters. The Morgan fingerprint density at radius 2 is 2.11 bits per heavy atom. The van der Waals surface area contributed by atoms with Gasteiger partial charge in [0.15, 0.2) is 0 Å². The standard InChI is InChI=1S/C12H10BrCl2N3S/c1-2-16-11-8(14)5-9(15)12(18-11)19-10-4-3-7(13)6-17-10/h3-6H,2H2,1H3,(H,16,18). The van der Waals surface area contributed by atoms with Crippen LogP contribution in [0.25, 0.3) is 0 Å². The van der Waals surface area contributed by atoms with Crippen molar-refractivity contribution in [3.63, 3.8) is 0 Å². The second-order valence-electron chi connectivity index (χ2n) is 3.55. The van der Waals surface area contributed by atoms with Gasteiger partial charge >= 0.3 is 0 Å². The van der Waals surface area contributed by atoms with Gasteiger partial charge in [0.25, 0.3) is 0 Å². The van der Waals surface area contributed by atoms with E-state index in [0.29, 0.717) is 20.9 Å². The Labute approximate surface area is 134 Å². The van der Waals surface area contributed by atoms with Crippen molar-refractivity contribution < 1.29 is 0 Å². The summed E-state index contributed by atoms with van der Waals surface area (Å²) < 4.78 is 0.931. The largest absolute Gasteiger partial charge is 0.369 e. The van der Waals surface area contributed by atoms with E-state index in [1.165, 1.54) is 11.8 Å². The van der Waals surface area contributed by atoms with E-state index in [9.17, 15) is 0 Å². The Balaban J connectivity index is 2.28. The minimum absolute atomic E-state index is 0.514. The summed E-state index contributed by atoms with van der Waals surface area (Å²) in [5, 5.41) is 5.62. The van der Waals surface area contributed by atoms with E-state index in [1.807, 2.05) is 19.1 Å². The first kappa shape index (κ1) is 14.9. The lowest BCUT2D eigenvalue weighted by Gasteiger charge is -2.09. The van der Waals surface area contributed by atoms with Gasteiger partial charge in [-0.15, -0.1) is 0 Å². The summed E-state index contributed by atoms with van der Waals surface area (Å²) in [6.07, 6.45) is 1.73. The van der Waals surface area contributed by atoms with Crippen LogP contribution >= 0.6 is 50.9 Å². The molecule has 0 aliphatic heterocycles. The van der Waals surface area contributed by atoms with Gasteiger partial charge in [-0.2, -0.15) is 0 Å². The summed E-state index contributed by atoms with van der Waals surface area (Å²) in [5.41, 5.74) is 0. The molecule has 0 aliphatic carbocycles. The highest BCUT2D eigenvalue weighted by molar-refractivity contribution is 9.10. The fraction of sp³-hybridized carbons (Fsp3) is 0.167. The lowest BCUT2D eigenvalue weighted by molar-refractivity contribution is 1.07. The number of nitrogens with one attached hydrogen (secondary N) is 1. The summed E-state index contributed by atoms with van der Waals surface area (Å²) in [7, 11) is 0. The van der Waals surface area contributed by atoms with Crippen LogP contribution in [0.15, 0.2) is 38.9 Å². The molecule has 3 nitrogen and oxygen atoms in total. The van der Waals surface area contributed by atoms with Crippen LogP contribution in [0.3, 0.4) is 0 Å². The van der Waals surface area contributed by atoms with Crippen molar-refractivity contribution >= 4 is 56.7 Å². The van der Waals surface area contributed by atoms with E-state index in [1.54, 1.807) is 12.3 Å². The molecule has 0 aliphatic rings. The van der Waals surface area contributed by atoms with Crippen LogP contribution in [-0.2, 0) is 0 Å². The summed E-state index contributed by atoms with van der Waals surface area (Å²) in [6, 6.07) is 5.51. The molecular weight excluding hydrogens is 369 g/mol. The number of hydrogen-bond acceptors (Lipinski definition) is 4. The van der Waals surface area contributed by atoms with E-state index in [2.05, 4.69) is 31.2 Å². The molecular formula is C12H10BrCl2N3S. The zero-order chi connectivity index (χ0) is 13.8. The Bertz CT molecular complexity index is 578. The zero-order valence-corrected chi connectivity index (χ0v) is 13.9. The highest BCUT2D eigenvalue weighted by atomic mass is 79.9. The Kier molecular flexibility index (Phi) is 5.33. The van der Waals surface area contributed by atoms with Gasteiger partial charge in [0, 0.05) is 17.2 Å². The quantitative estimate of drug-likeness (QED) is 0.800. The molecule has 100 valence electrons. The van der Waals surface area contributed by atoms with E-state index >= 15 is 0 Å². The summed E-state index contributed by atoms with van der Waals surface area (Å²) in [4.78, 5) is 8.69. The molecule has 1 N–H and O–H groups in total. The topological polar surface area (TPSA) is 37.8 Å². The first-order valence-electron chi connectivity index (χ1n) is 5.49. The average Bonchev–Trinajstić information content (AvgIpc) is 2.38. The third-order valence-electron chi connectivity index (χ3n) is 2.14. The van der Waals surface area contributed by atoms with Crippen molar-refractivity contribution in [2.75, 3.05) is 11.9 Å². The maximum atomic E-state index is 6.15. The van der Waals surface area contributed by atoms with Gasteiger partial charge in [-0.25, -0.2) is 9.97 Å². The molecule has 2 rings (SSSR count). The number of nitrogens with zero attached hydrogens (tertiary/aromatic N) is 2. The van der Waals surface area contributed by atoms with Gasteiger partial charge in [0.2, 0.25) is 0 Å². The van der Waals surface area contributed by atoms with Crippen molar-refractivity contribution in [1.29, 1.82) is 0 Å². The molecule has 0 amide bonds. The predicted molar refractivity (Wildman–Crippen MR) is 84.5 cm³/mol.